The van der Waals surface area contributed by atoms with Gasteiger partial charge in [-0.2, -0.15) is 0 Å². The van der Waals surface area contributed by atoms with Gasteiger partial charge in [0, 0.05) is 26.3 Å². The van der Waals surface area contributed by atoms with Crippen molar-refractivity contribution >= 4 is 23.7 Å². The van der Waals surface area contributed by atoms with E-state index >= 15 is 0 Å². The number of nitrogens with zero attached hydrogens (tertiary/aromatic N) is 2. The highest BCUT2D eigenvalue weighted by Crippen LogP contribution is 2.32. The van der Waals surface area contributed by atoms with Crippen molar-refractivity contribution in [3.63, 3.8) is 0 Å². The van der Waals surface area contributed by atoms with Gasteiger partial charge in [0.05, 0.1) is 6.04 Å². The maximum atomic E-state index is 12.6. The maximum absolute atomic E-state index is 12.6. The van der Waals surface area contributed by atoms with E-state index in [1.165, 1.54) is 0 Å². The number of amides is 5. The van der Waals surface area contributed by atoms with Gasteiger partial charge in [-0.25, -0.2) is 9.59 Å². The number of benzene rings is 1. The molecule has 0 bridgehead atoms. The summed E-state index contributed by atoms with van der Waals surface area (Å²) in [5, 5.41) is 8.02. The van der Waals surface area contributed by atoms with Crippen LogP contribution < -0.4 is 20.9 Å². The number of hydrogen-bond acceptors (Lipinski definition) is 4. The molecule has 2 heterocycles. The largest absolute Gasteiger partial charge is 0.378 e. The van der Waals surface area contributed by atoms with E-state index in [0.29, 0.717) is 6.54 Å². The second-order valence-electron chi connectivity index (χ2n) is 6.89. The van der Waals surface area contributed by atoms with Crippen LogP contribution in [0.25, 0.3) is 0 Å². The van der Waals surface area contributed by atoms with Gasteiger partial charge in [-0.15, -0.1) is 0 Å². The fraction of sp³-hybridized carbons (Fsp3) is 0.500. The number of carbonyl (C=O) groups is 3. The molecule has 0 aliphatic carbocycles. The molecule has 5 amide bonds. The first-order chi connectivity index (χ1) is 12.4. The van der Waals surface area contributed by atoms with Gasteiger partial charge in [-0.3, -0.25) is 10.1 Å². The van der Waals surface area contributed by atoms with E-state index in [9.17, 15) is 14.4 Å². The van der Waals surface area contributed by atoms with E-state index in [2.05, 4.69) is 16.0 Å². The first-order valence-corrected chi connectivity index (χ1v) is 8.88. The lowest BCUT2D eigenvalue weighted by atomic mass is 9.86. The topological polar surface area (TPSA) is 93.8 Å². The summed E-state index contributed by atoms with van der Waals surface area (Å²) in [6.45, 7) is 2.52. The highest BCUT2D eigenvalue weighted by atomic mass is 16.2. The lowest BCUT2D eigenvalue weighted by molar-refractivity contribution is -0.130. The van der Waals surface area contributed by atoms with Crippen molar-refractivity contribution in [2.45, 2.75) is 32.0 Å². The van der Waals surface area contributed by atoms with Crippen LogP contribution in [0.1, 0.15) is 31.4 Å². The highest BCUT2D eigenvalue weighted by molar-refractivity contribution is 6.00. The number of anilines is 1. The molecule has 2 aliphatic rings. The number of nitrogens with one attached hydrogen (secondary N) is 3. The Bertz CT molecular complexity index is 703. The molecule has 2 fully saturated rings. The molecule has 8 heteroatoms. The second-order valence-corrected chi connectivity index (χ2v) is 6.89. The molecule has 0 spiro atoms. The van der Waals surface area contributed by atoms with Crippen LogP contribution in [0.5, 0.6) is 0 Å². The van der Waals surface area contributed by atoms with Gasteiger partial charge >= 0.3 is 12.1 Å². The minimum atomic E-state index is -0.643. The van der Waals surface area contributed by atoms with Crippen molar-refractivity contribution in [3.8, 4) is 0 Å². The molecular formula is C18H25N5O3. The summed E-state index contributed by atoms with van der Waals surface area (Å²) >= 11 is 0. The normalized spacial score (nSPS) is 25.1. The van der Waals surface area contributed by atoms with Gasteiger partial charge < -0.3 is 20.4 Å². The van der Waals surface area contributed by atoms with Crippen molar-refractivity contribution in [1.29, 1.82) is 0 Å². The SMILES string of the molecule is CCCCN1C(=O)NC(=O)C2C(c3ccc(N(C)C)cc3)NC(=O)NC21. The fourth-order valence-electron chi connectivity index (χ4n) is 3.47. The van der Waals surface area contributed by atoms with Crippen molar-refractivity contribution in [2.24, 2.45) is 5.92 Å². The number of carbonyl (C=O) groups excluding carboxylic acids is 3. The third-order valence-electron chi connectivity index (χ3n) is 4.92. The van der Waals surface area contributed by atoms with Crippen LogP contribution in [0.2, 0.25) is 0 Å². The molecule has 26 heavy (non-hydrogen) atoms. The smallest absolute Gasteiger partial charge is 0.325 e. The monoisotopic (exact) mass is 359 g/mol. The average molecular weight is 359 g/mol. The van der Waals surface area contributed by atoms with Gasteiger partial charge in [-0.1, -0.05) is 25.5 Å². The first kappa shape index (κ1) is 18.0. The molecule has 1 aromatic rings. The zero-order valence-corrected chi connectivity index (χ0v) is 15.3. The molecule has 3 unspecified atom stereocenters. The summed E-state index contributed by atoms with van der Waals surface area (Å²) in [6, 6.07) is 6.37. The van der Waals surface area contributed by atoms with Crippen LogP contribution in [0, 0.1) is 5.92 Å². The number of unbranched alkanes of at least 4 members (excludes halogenated alkanes) is 1. The average Bonchev–Trinajstić information content (AvgIpc) is 2.60. The van der Waals surface area contributed by atoms with Gasteiger partial charge in [0.2, 0.25) is 5.91 Å². The van der Waals surface area contributed by atoms with Gasteiger partial charge in [0.25, 0.3) is 0 Å². The molecule has 2 aliphatic heterocycles. The van der Waals surface area contributed by atoms with Crippen LogP contribution >= 0.6 is 0 Å². The molecule has 3 N–H and O–H groups in total. The summed E-state index contributed by atoms with van der Waals surface area (Å²) < 4.78 is 0. The first-order valence-electron chi connectivity index (χ1n) is 8.88. The van der Waals surface area contributed by atoms with Gasteiger partial charge in [0.15, 0.2) is 0 Å². The molecule has 2 saturated heterocycles. The Morgan fingerprint density at radius 1 is 1.08 bits per heavy atom. The fourth-order valence-corrected chi connectivity index (χ4v) is 3.47. The van der Waals surface area contributed by atoms with E-state index in [1.54, 1.807) is 4.90 Å². The maximum Gasteiger partial charge on any atom is 0.325 e. The minimum absolute atomic E-state index is 0.373. The summed E-state index contributed by atoms with van der Waals surface area (Å²) in [4.78, 5) is 40.6. The molecule has 1 aromatic carbocycles. The van der Waals surface area contributed by atoms with E-state index in [0.717, 1.165) is 24.1 Å². The Labute approximate surface area is 152 Å². The zero-order chi connectivity index (χ0) is 18.8. The van der Waals surface area contributed by atoms with Crippen LogP contribution in [-0.4, -0.2) is 49.7 Å². The minimum Gasteiger partial charge on any atom is -0.378 e. The number of hydrogen-bond donors (Lipinski definition) is 3. The van der Waals surface area contributed by atoms with E-state index < -0.39 is 24.2 Å². The quantitative estimate of drug-likeness (QED) is 0.741. The Morgan fingerprint density at radius 3 is 2.38 bits per heavy atom. The van der Waals surface area contributed by atoms with Crippen LogP contribution in [0.3, 0.4) is 0 Å². The molecule has 8 nitrogen and oxygen atoms in total. The second kappa shape index (κ2) is 7.23. The standard InChI is InChI=1S/C18H25N5O3/c1-4-5-10-23-15-13(16(24)21-18(23)26)14(19-17(25)20-15)11-6-8-12(9-7-11)22(2)3/h6-9,13-15H,4-5,10H2,1-3H3,(H2,19,20,25)(H,21,24,26). The summed E-state index contributed by atoms with van der Waals surface area (Å²) in [6.07, 6.45) is 1.07. The number of fused-ring (bicyclic) bond motifs is 1. The van der Waals surface area contributed by atoms with Crippen LogP contribution in [-0.2, 0) is 4.79 Å². The summed E-state index contributed by atoms with van der Waals surface area (Å²) in [5.41, 5.74) is 1.86. The zero-order valence-electron chi connectivity index (χ0n) is 15.3. The Hall–Kier alpha value is -2.77. The van der Waals surface area contributed by atoms with E-state index in [4.69, 9.17) is 0 Å². The molecule has 3 atom stereocenters. The van der Waals surface area contributed by atoms with Crippen LogP contribution in [0.4, 0.5) is 15.3 Å². The molecule has 0 saturated carbocycles. The van der Waals surface area contributed by atoms with Gasteiger partial charge in [0.1, 0.15) is 12.1 Å². The predicted octanol–water partition coefficient (Wildman–Crippen LogP) is 1.40. The van der Waals surface area contributed by atoms with E-state index in [-0.39, 0.29) is 11.9 Å². The van der Waals surface area contributed by atoms with Crippen LogP contribution in [0.15, 0.2) is 24.3 Å². The lowest BCUT2D eigenvalue weighted by Gasteiger charge is -2.46. The third kappa shape index (κ3) is 3.31. The molecule has 0 radical (unpaired) electrons. The summed E-state index contributed by atoms with van der Waals surface area (Å²) in [7, 11) is 3.90. The van der Waals surface area contributed by atoms with E-state index in [1.807, 2.05) is 50.2 Å². The summed E-state index contributed by atoms with van der Waals surface area (Å²) in [5.74, 6) is -0.964. The molecule has 3 rings (SSSR count). The van der Waals surface area contributed by atoms with Crippen molar-refractivity contribution in [2.75, 3.05) is 25.5 Å². The Balaban J connectivity index is 1.92. The lowest BCUT2D eigenvalue weighted by Crippen LogP contribution is -2.72. The van der Waals surface area contributed by atoms with Crippen molar-refractivity contribution < 1.29 is 14.4 Å². The molecule has 0 aromatic heterocycles. The number of imide groups is 1. The molecule has 140 valence electrons. The third-order valence-corrected chi connectivity index (χ3v) is 4.92. The van der Waals surface area contributed by atoms with Crippen molar-refractivity contribution in [1.82, 2.24) is 20.9 Å². The van der Waals surface area contributed by atoms with Gasteiger partial charge in [-0.05, 0) is 24.1 Å². The predicted molar refractivity (Wildman–Crippen MR) is 97.6 cm³/mol. The Kier molecular flexibility index (Phi) is 5.01. The Morgan fingerprint density at radius 2 is 1.77 bits per heavy atom. The molecular weight excluding hydrogens is 334 g/mol. The van der Waals surface area contributed by atoms with Crippen molar-refractivity contribution in [3.05, 3.63) is 29.8 Å². The number of urea groups is 2. The highest BCUT2D eigenvalue weighted by Gasteiger charge is 2.49. The number of rotatable bonds is 5.